The highest BCUT2D eigenvalue weighted by atomic mass is 35.5. The van der Waals surface area contributed by atoms with Gasteiger partial charge in [0.25, 0.3) is 11.8 Å². The predicted octanol–water partition coefficient (Wildman–Crippen LogP) is 4.61. The van der Waals surface area contributed by atoms with Crippen LogP contribution in [-0.4, -0.2) is 58.7 Å². The van der Waals surface area contributed by atoms with Crippen LogP contribution in [0.25, 0.3) is 0 Å². The number of carbonyl (C=O) groups is 4. The fraction of sp³-hybridized carbons (Fsp3) is 0.344. The number of ketones is 2. The van der Waals surface area contributed by atoms with Crippen LogP contribution in [0.3, 0.4) is 0 Å². The van der Waals surface area contributed by atoms with E-state index in [9.17, 15) is 37.5 Å². The summed E-state index contributed by atoms with van der Waals surface area (Å²) in [4.78, 5) is 58.5. The number of anilines is 1. The molecule has 3 aliphatic carbocycles. The van der Waals surface area contributed by atoms with Crippen molar-refractivity contribution in [1.82, 2.24) is 9.99 Å². The molecule has 0 spiro atoms. The highest BCUT2D eigenvalue weighted by Gasteiger charge is 2.58. The Morgan fingerprint density at radius 1 is 1.09 bits per heavy atom. The van der Waals surface area contributed by atoms with Gasteiger partial charge in [-0.3, -0.25) is 24.2 Å². The molecule has 0 bridgehead atoms. The van der Waals surface area contributed by atoms with Crippen LogP contribution in [0.1, 0.15) is 36.9 Å². The molecule has 0 saturated carbocycles. The Morgan fingerprint density at radius 3 is 2.53 bits per heavy atom. The van der Waals surface area contributed by atoms with E-state index in [0.717, 1.165) is 16.1 Å². The van der Waals surface area contributed by atoms with Gasteiger partial charge in [-0.05, 0) is 50.0 Å². The van der Waals surface area contributed by atoms with Crippen molar-refractivity contribution in [2.24, 2.45) is 17.8 Å². The number of hydrogen-bond acceptors (Lipinski definition) is 8. The first kappa shape index (κ1) is 30.7. The maximum absolute atomic E-state index is 14.1. The molecule has 1 aromatic heterocycles. The van der Waals surface area contributed by atoms with E-state index < -0.39 is 53.2 Å². The number of Topliss-reactive ketones (excluding diaryl/α,β-unsaturated/α-hetero) is 1. The second kappa shape index (κ2) is 11.3. The molecule has 0 radical (unpaired) electrons. The quantitative estimate of drug-likeness (QED) is 0.276. The van der Waals surface area contributed by atoms with E-state index in [1.54, 1.807) is 31.2 Å². The summed E-state index contributed by atoms with van der Waals surface area (Å²) in [7, 11) is 1.24. The second-order valence-electron chi connectivity index (χ2n) is 11.4. The van der Waals surface area contributed by atoms with E-state index in [-0.39, 0.29) is 59.4 Å². The molecule has 2 heterocycles. The predicted molar refractivity (Wildman–Crippen MR) is 155 cm³/mol. The molecule has 4 atom stereocenters. The highest BCUT2D eigenvalue weighted by Crippen LogP contribution is 2.56. The molecular formula is C32H27ClF3N3O6. The lowest BCUT2D eigenvalue weighted by atomic mass is 9.59. The molecule has 1 fully saturated rings. The minimum atomic E-state index is -4.79. The number of ether oxygens (including phenoxy) is 1. The Bertz CT molecular complexity index is 1750. The average molecular weight is 642 g/mol. The van der Waals surface area contributed by atoms with Gasteiger partial charge in [0.1, 0.15) is 18.1 Å². The molecule has 2 aromatic rings. The third-order valence-corrected chi connectivity index (χ3v) is 9.14. The number of pyridine rings is 1. The van der Waals surface area contributed by atoms with E-state index in [4.69, 9.17) is 16.3 Å². The number of alkyl halides is 3. The maximum Gasteiger partial charge on any atom is 0.433 e. The highest BCUT2D eigenvalue weighted by molar-refractivity contribution is 6.33. The van der Waals surface area contributed by atoms with E-state index >= 15 is 0 Å². The lowest BCUT2D eigenvalue weighted by molar-refractivity contribution is -0.141. The lowest BCUT2D eigenvalue weighted by Gasteiger charge is -2.42. The van der Waals surface area contributed by atoms with Gasteiger partial charge < -0.3 is 9.84 Å². The number of rotatable bonds is 6. The Hall–Kier alpha value is -4.29. The molecule has 1 N–H and O–H groups in total. The Balaban J connectivity index is 1.44. The van der Waals surface area contributed by atoms with Crippen molar-refractivity contribution in [3.8, 4) is 5.75 Å². The van der Waals surface area contributed by atoms with Crippen LogP contribution in [0.5, 0.6) is 5.75 Å². The number of amides is 2. The van der Waals surface area contributed by atoms with Crippen LogP contribution in [0.15, 0.2) is 70.8 Å². The van der Waals surface area contributed by atoms with Crippen molar-refractivity contribution in [1.29, 1.82) is 0 Å². The van der Waals surface area contributed by atoms with Gasteiger partial charge in [0.15, 0.2) is 17.4 Å². The van der Waals surface area contributed by atoms with E-state index in [1.165, 1.54) is 13.1 Å². The molecular weight excluding hydrogens is 615 g/mol. The van der Waals surface area contributed by atoms with Crippen molar-refractivity contribution < 1.29 is 42.2 Å². The summed E-state index contributed by atoms with van der Waals surface area (Å²) in [6.45, 7) is 1.26. The van der Waals surface area contributed by atoms with Gasteiger partial charge in [0.05, 0.1) is 23.5 Å². The fourth-order valence-electron chi connectivity index (χ4n) is 6.93. The van der Waals surface area contributed by atoms with Crippen molar-refractivity contribution in [3.05, 3.63) is 87.1 Å². The summed E-state index contributed by atoms with van der Waals surface area (Å²) in [6.07, 6.45) is -1.54. The monoisotopic (exact) mass is 641 g/mol. The van der Waals surface area contributed by atoms with Gasteiger partial charge in [-0.25, -0.2) is 4.98 Å². The van der Waals surface area contributed by atoms with Crippen LogP contribution in [0, 0.1) is 17.8 Å². The number of halogens is 4. The first-order chi connectivity index (χ1) is 21.3. The summed E-state index contributed by atoms with van der Waals surface area (Å²) in [5, 5.41) is 10.9. The molecule has 1 saturated heterocycles. The average Bonchev–Trinajstić information content (AvgIpc) is 3.26. The molecule has 9 nitrogen and oxygen atoms in total. The van der Waals surface area contributed by atoms with Gasteiger partial charge in [0, 0.05) is 35.2 Å². The number of aliphatic hydroxyl groups is 1. The van der Waals surface area contributed by atoms with Crippen LogP contribution in [0.2, 0.25) is 5.02 Å². The maximum atomic E-state index is 14.1. The van der Waals surface area contributed by atoms with E-state index in [1.807, 2.05) is 6.08 Å². The standard InChI is InChI=1S/C32H27ClF3N3O6/c1-15-13-22(41)27-20(28(15)42)14-19-16(25(27)17-5-3-4-6-23(17)45-12-11-40)7-8-18-26(19)31(44)39(30(18)43)38(2)29-21(33)9-10-24(37-29)32(34,35)36/h3-7,9-10,13,18-19,25-26,40H,8,11-12,14H2,1-2H3/t18-,19+,25+,26-/m0/s1. The van der Waals surface area contributed by atoms with Crippen LogP contribution in [0.4, 0.5) is 19.0 Å². The van der Waals surface area contributed by atoms with Gasteiger partial charge in [-0.2, -0.15) is 18.2 Å². The third kappa shape index (κ3) is 4.96. The van der Waals surface area contributed by atoms with Gasteiger partial charge in [-0.1, -0.05) is 41.4 Å². The summed E-state index contributed by atoms with van der Waals surface area (Å²) in [6, 6.07) is 8.62. The van der Waals surface area contributed by atoms with Crippen LogP contribution < -0.4 is 9.75 Å². The first-order valence-electron chi connectivity index (χ1n) is 14.2. The SMILES string of the molecule is CC1=CC(=O)C2=C(C[C@@H]3C(=CC[C@@H]4C(=O)N(N(C)c5nc(C(F)(F)F)ccc5Cl)C(=O)[C@@H]43)[C@@H]2c2ccccc2OCCO)C1=O. The Labute approximate surface area is 260 Å². The number of aliphatic hydroxyl groups excluding tert-OH is 1. The van der Waals surface area contributed by atoms with Crippen LogP contribution >= 0.6 is 11.6 Å². The van der Waals surface area contributed by atoms with Gasteiger partial charge in [0.2, 0.25) is 0 Å². The molecule has 0 unspecified atom stereocenters. The second-order valence-corrected chi connectivity index (χ2v) is 11.8. The number of hydrogen-bond donors (Lipinski definition) is 1. The Kier molecular flexibility index (Phi) is 7.68. The normalized spacial score (nSPS) is 24.6. The molecule has 4 aliphatic rings. The minimum Gasteiger partial charge on any atom is -0.491 e. The molecule has 6 rings (SSSR count). The molecule has 2 amide bonds. The van der Waals surface area contributed by atoms with Crippen molar-refractivity contribution in [3.63, 3.8) is 0 Å². The molecule has 1 aliphatic heterocycles. The third-order valence-electron chi connectivity index (χ3n) is 8.84. The number of hydrazine groups is 1. The zero-order chi connectivity index (χ0) is 32.4. The topological polar surface area (TPSA) is 117 Å². The summed E-state index contributed by atoms with van der Waals surface area (Å²) >= 11 is 6.20. The van der Waals surface area contributed by atoms with Gasteiger partial charge >= 0.3 is 6.18 Å². The number of fused-ring (bicyclic) bond motifs is 3. The molecule has 45 heavy (non-hydrogen) atoms. The number of para-hydroxylation sites is 1. The number of benzene rings is 1. The largest absolute Gasteiger partial charge is 0.491 e. The summed E-state index contributed by atoms with van der Waals surface area (Å²) in [5.74, 6) is -5.31. The Morgan fingerprint density at radius 2 is 1.82 bits per heavy atom. The van der Waals surface area contributed by atoms with Crippen molar-refractivity contribution in [2.75, 3.05) is 25.3 Å². The molecule has 1 aromatic carbocycles. The van der Waals surface area contributed by atoms with E-state index in [2.05, 4.69) is 4.98 Å². The van der Waals surface area contributed by atoms with Crippen molar-refractivity contribution >= 4 is 40.8 Å². The number of allylic oxidation sites excluding steroid dienone is 6. The zero-order valence-electron chi connectivity index (χ0n) is 24.1. The summed E-state index contributed by atoms with van der Waals surface area (Å²) < 4.78 is 46.2. The smallest absolute Gasteiger partial charge is 0.433 e. The van der Waals surface area contributed by atoms with Gasteiger partial charge in [-0.15, -0.1) is 0 Å². The lowest BCUT2D eigenvalue weighted by Crippen LogP contribution is -2.46. The summed E-state index contributed by atoms with van der Waals surface area (Å²) in [5.41, 5.74) is 0.770. The number of nitrogens with zero attached hydrogens (tertiary/aromatic N) is 3. The van der Waals surface area contributed by atoms with E-state index in [0.29, 0.717) is 23.0 Å². The number of aromatic nitrogens is 1. The first-order valence-corrected chi connectivity index (χ1v) is 14.6. The zero-order valence-corrected chi connectivity index (χ0v) is 24.9. The number of imide groups is 1. The van der Waals surface area contributed by atoms with Crippen LogP contribution in [-0.2, 0) is 25.4 Å². The minimum absolute atomic E-state index is 0.0187. The molecule has 234 valence electrons. The molecule has 13 heteroatoms. The van der Waals surface area contributed by atoms with Crippen molar-refractivity contribution in [2.45, 2.75) is 31.9 Å². The fourth-order valence-corrected chi connectivity index (χ4v) is 7.16. The number of carbonyl (C=O) groups excluding carboxylic acids is 4.